The van der Waals surface area contributed by atoms with E-state index in [1.54, 1.807) is 18.3 Å². The van der Waals surface area contributed by atoms with Gasteiger partial charge in [0.15, 0.2) is 5.82 Å². The lowest BCUT2D eigenvalue weighted by Crippen LogP contribution is -2.24. The third kappa shape index (κ3) is 4.47. The summed E-state index contributed by atoms with van der Waals surface area (Å²) in [6.07, 6.45) is 2.81. The first-order chi connectivity index (χ1) is 13.6. The zero-order valence-electron chi connectivity index (χ0n) is 16.5. The van der Waals surface area contributed by atoms with Gasteiger partial charge in [-0.1, -0.05) is 18.2 Å². The summed E-state index contributed by atoms with van der Waals surface area (Å²) in [6, 6.07) is 18.6. The van der Waals surface area contributed by atoms with Gasteiger partial charge in [-0.25, -0.2) is 14.4 Å². The summed E-state index contributed by atoms with van der Waals surface area (Å²) in [4.78, 5) is 14.0. The van der Waals surface area contributed by atoms with E-state index in [1.165, 1.54) is 12.1 Å². The van der Waals surface area contributed by atoms with Crippen molar-refractivity contribution in [2.24, 2.45) is 4.99 Å². The van der Waals surface area contributed by atoms with Gasteiger partial charge in [-0.15, -0.1) is 12.4 Å². The number of hydrogen-bond donors (Lipinski definition) is 0. The lowest BCUT2D eigenvalue weighted by atomic mass is 10.00. The Morgan fingerprint density at radius 2 is 1.72 bits per heavy atom. The first kappa shape index (κ1) is 21.0. The van der Waals surface area contributed by atoms with Gasteiger partial charge in [0.05, 0.1) is 11.4 Å². The Labute approximate surface area is 177 Å². The van der Waals surface area contributed by atoms with Crippen molar-refractivity contribution in [2.75, 3.05) is 32.1 Å². The molecule has 1 aromatic heterocycles. The summed E-state index contributed by atoms with van der Waals surface area (Å²) < 4.78 is 13.5. The minimum atomic E-state index is -0.251. The summed E-state index contributed by atoms with van der Waals surface area (Å²) in [5.74, 6) is 0.601. The molecule has 0 aliphatic carbocycles. The van der Waals surface area contributed by atoms with E-state index in [0.29, 0.717) is 0 Å². The number of fused-ring (bicyclic) bond motifs is 2. The minimum Gasteiger partial charge on any atom is -0.324 e. The van der Waals surface area contributed by atoms with E-state index in [-0.39, 0.29) is 18.2 Å². The SMILES string of the molecule is CN(C)CCCN1c2ccccc2C(c2ccc(F)cc2)=Nc2cccnc21.Cl. The Morgan fingerprint density at radius 3 is 2.48 bits per heavy atom. The van der Waals surface area contributed by atoms with Crippen molar-refractivity contribution in [2.45, 2.75) is 6.42 Å². The molecule has 150 valence electrons. The zero-order chi connectivity index (χ0) is 19.5. The molecular formula is C23H24ClFN4. The Morgan fingerprint density at radius 1 is 0.966 bits per heavy atom. The van der Waals surface area contributed by atoms with Crippen LogP contribution in [0, 0.1) is 5.82 Å². The molecule has 4 nitrogen and oxygen atoms in total. The van der Waals surface area contributed by atoms with Gasteiger partial charge in [0, 0.05) is 23.9 Å². The Kier molecular flexibility index (Phi) is 6.62. The van der Waals surface area contributed by atoms with Crippen molar-refractivity contribution < 1.29 is 4.39 Å². The number of aromatic nitrogens is 1. The molecule has 1 aliphatic heterocycles. The quantitative estimate of drug-likeness (QED) is 0.578. The van der Waals surface area contributed by atoms with Crippen LogP contribution >= 0.6 is 12.4 Å². The van der Waals surface area contributed by atoms with Crippen molar-refractivity contribution in [3.8, 4) is 0 Å². The molecule has 0 unspecified atom stereocenters. The molecule has 0 fully saturated rings. The summed E-state index contributed by atoms with van der Waals surface area (Å²) in [5, 5.41) is 0. The molecule has 0 N–H and O–H groups in total. The molecule has 29 heavy (non-hydrogen) atoms. The second kappa shape index (κ2) is 9.16. The van der Waals surface area contributed by atoms with Crippen LogP contribution in [0.2, 0.25) is 0 Å². The van der Waals surface area contributed by atoms with E-state index in [2.05, 4.69) is 41.0 Å². The van der Waals surface area contributed by atoms with Gasteiger partial charge in [-0.3, -0.25) is 0 Å². The van der Waals surface area contributed by atoms with Crippen LogP contribution in [0.15, 0.2) is 71.9 Å². The average Bonchev–Trinajstić information content (AvgIpc) is 2.84. The fraction of sp³-hybridized carbons (Fsp3) is 0.217. The molecule has 0 bridgehead atoms. The fourth-order valence-electron chi connectivity index (χ4n) is 3.49. The van der Waals surface area contributed by atoms with Gasteiger partial charge in [0.1, 0.15) is 11.5 Å². The molecular weight excluding hydrogens is 387 g/mol. The number of nitrogens with zero attached hydrogens (tertiary/aromatic N) is 4. The van der Waals surface area contributed by atoms with Gasteiger partial charge >= 0.3 is 0 Å². The smallest absolute Gasteiger partial charge is 0.159 e. The van der Waals surface area contributed by atoms with Crippen molar-refractivity contribution in [3.63, 3.8) is 0 Å². The minimum absolute atomic E-state index is 0. The van der Waals surface area contributed by atoms with Gasteiger partial charge in [-0.2, -0.15) is 0 Å². The fourth-order valence-corrected chi connectivity index (χ4v) is 3.49. The zero-order valence-corrected chi connectivity index (χ0v) is 17.4. The Balaban J connectivity index is 0.00000240. The second-order valence-electron chi connectivity index (χ2n) is 7.14. The summed E-state index contributed by atoms with van der Waals surface area (Å²) >= 11 is 0. The van der Waals surface area contributed by atoms with E-state index >= 15 is 0 Å². The molecule has 0 spiro atoms. The van der Waals surface area contributed by atoms with Gasteiger partial charge in [-0.05, 0) is 69.5 Å². The van der Waals surface area contributed by atoms with Crippen LogP contribution in [-0.2, 0) is 0 Å². The maximum Gasteiger partial charge on any atom is 0.159 e. The van der Waals surface area contributed by atoms with Crippen LogP contribution < -0.4 is 4.90 Å². The molecule has 0 saturated carbocycles. The number of benzene rings is 2. The van der Waals surface area contributed by atoms with E-state index in [0.717, 1.165) is 53.5 Å². The van der Waals surface area contributed by atoms with Crippen molar-refractivity contribution in [1.82, 2.24) is 9.88 Å². The van der Waals surface area contributed by atoms with Gasteiger partial charge in [0.2, 0.25) is 0 Å². The molecule has 2 aromatic carbocycles. The maximum absolute atomic E-state index is 13.5. The lowest BCUT2D eigenvalue weighted by molar-refractivity contribution is 0.402. The Bertz CT molecular complexity index is 1000. The predicted molar refractivity (Wildman–Crippen MR) is 120 cm³/mol. The number of rotatable bonds is 5. The van der Waals surface area contributed by atoms with Gasteiger partial charge < -0.3 is 9.80 Å². The standard InChI is InChI=1S/C23H23FN4.ClH/c1-27(2)15-6-16-28-21-9-4-3-7-19(21)22(17-10-12-18(24)13-11-17)26-20-8-5-14-25-23(20)28;/h3-5,7-14H,6,15-16H2,1-2H3;1H. The molecule has 0 saturated heterocycles. The highest BCUT2D eigenvalue weighted by molar-refractivity contribution is 6.18. The number of halogens is 2. The lowest BCUT2D eigenvalue weighted by Gasteiger charge is -2.26. The highest BCUT2D eigenvalue weighted by Crippen LogP contribution is 2.39. The molecule has 6 heteroatoms. The van der Waals surface area contributed by atoms with Crippen molar-refractivity contribution >= 4 is 35.3 Å². The third-order valence-corrected chi connectivity index (χ3v) is 4.81. The highest BCUT2D eigenvalue weighted by atomic mass is 35.5. The monoisotopic (exact) mass is 410 g/mol. The van der Waals surface area contributed by atoms with E-state index in [1.807, 2.05) is 24.3 Å². The van der Waals surface area contributed by atoms with E-state index < -0.39 is 0 Å². The number of para-hydroxylation sites is 1. The van der Waals surface area contributed by atoms with Crippen LogP contribution in [0.3, 0.4) is 0 Å². The topological polar surface area (TPSA) is 31.7 Å². The van der Waals surface area contributed by atoms with E-state index in [4.69, 9.17) is 4.99 Å². The van der Waals surface area contributed by atoms with Crippen LogP contribution in [-0.4, -0.2) is 42.8 Å². The van der Waals surface area contributed by atoms with Gasteiger partial charge in [0.25, 0.3) is 0 Å². The first-order valence-electron chi connectivity index (χ1n) is 9.45. The van der Waals surface area contributed by atoms with Crippen molar-refractivity contribution in [1.29, 1.82) is 0 Å². The van der Waals surface area contributed by atoms with Crippen LogP contribution in [0.1, 0.15) is 17.5 Å². The van der Waals surface area contributed by atoms with Crippen LogP contribution in [0.4, 0.5) is 21.6 Å². The first-order valence-corrected chi connectivity index (χ1v) is 9.45. The third-order valence-electron chi connectivity index (χ3n) is 4.81. The van der Waals surface area contributed by atoms with Crippen molar-refractivity contribution in [3.05, 3.63) is 83.8 Å². The number of hydrogen-bond acceptors (Lipinski definition) is 4. The second-order valence-corrected chi connectivity index (χ2v) is 7.14. The Hall–Kier alpha value is -2.76. The number of anilines is 2. The highest BCUT2D eigenvalue weighted by Gasteiger charge is 2.24. The average molecular weight is 411 g/mol. The largest absolute Gasteiger partial charge is 0.324 e. The normalized spacial score (nSPS) is 12.6. The molecule has 4 rings (SSSR count). The molecule has 3 aromatic rings. The molecule has 0 radical (unpaired) electrons. The molecule has 1 aliphatic rings. The summed E-state index contributed by atoms with van der Waals surface area (Å²) in [7, 11) is 4.16. The van der Waals surface area contributed by atoms with Crippen LogP contribution in [0.5, 0.6) is 0 Å². The summed E-state index contributed by atoms with van der Waals surface area (Å²) in [6.45, 7) is 1.83. The molecule has 0 atom stereocenters. The molecule has 2 heterocycles. The summed E-state index contributed by atoms with van der Waals surface area (Å²) in [5.41, 5.74) is 4.64. The molecule has 0 amide bonds. The maximum atomic E-state index is 13.5. The van der Waals surface area contributed by atoms with E-state index in [9.17, 15) is 4.39 Å². The predicted octanol–water partition coefficient (Wildman–Crippen LogP) is 5.21. The van der Waals surface area contributed by atoms with Crippen LogP contribution in [0.25, 0.3) is 0 Å². The number of aliphatic imine (C=N–C) groups is 1. The number of pyridine rings is 1.